The topological polar surface area (TPSA) is 91.8 Å². The fourth-order valence-corrected chi connectivity index (χ4v) is 2.93. The number of nitrogens with zero attached hydrogens (tertiary/aromatic N) is 3. The van der Waals surface area contributed by atoms with Crippen LogP contribution in [0, 0.1) is 12.8 Å². The molecule has 8 nitrogen and oxygen atoms in total. The number of hydrogen-bond acceptors (Lipinski definition) is 6. The second-order valence-electron chi connectivity index (χ2n) is 5.05. The van der Waals surface area contributed by atoms with E-state index in [9.17, 15) is 14.4 Å². The zero-order valence-electron chi connectivity index (χ0n) is 11.4. The molecule has 1 aromatic rings. The molecule has 2 saturated heterocycles. The number of ether oxygens (including phenoxy) is 1. The lowest BCUT2D eigenvalue weighted by Gasteiger charge is -2.39. The van der Waals surface area contributed by atoms with Crippen molar-refractivity contribution in [3.8, 4) is 0 Å². The van der Waals surface area contributed by atoms with Crippen LogP contribution in [-0.4, -0.2) is 59.1 Å². The van der Waals surface area contributed by atoms with Crippen molar-refractivity contribution in [2.24, 2.45) is 5.92 Å². The molecule has 0 bridgehead atoms. The summed E-state index contributed by atoms with van der Waals surface area (Å²) < 4.78 is 4.64. The lowest BCUT2D eigenvalue weighted by atomic mass is 10.0. The Bertz CT molecular complexity index is 580. The first-order valence-electron chi connectivity index (χ1n) is 6.48. The molecule has 0 spiro atoms. The molecule has 0 radical (unpaired) electrons. The monoisotopic (exact) mass is 310 g/mol. The summed E-state index contributed by atoms with van der Waals surface area (Å²) in [5, 5.41) is 5.15. The van der Waals surface area contributed by atoms with Gasteiger partial charge in [-0.2, -0.15) is 0 Å². The standard InChI is InChI=1S/C12H14N4O4S/c1-7-6-21-10(13-7)14-11(18)15-2-8(3-15)4-16-9(17)5-20-12(16)19/h6,8H,2-5H2,1H3,(H,13,14,18). The third kappa shape index (κ3) is 2.82. The lowest BCUT2D eigenvalue weighted by molar-refractivity contribution is -0.126. The van der Waals surface area contributed by atoms with E-state index in [1.54, 1.807) is 4.90 Å². The highest BCUT2D eigenvalue weighted by molar-refractivity contribution is 7.13. The summed E-state index contributed by atoms with van der Waals surface area (Å²) in [5.74, 6) is -0.218. The van der Waals surface area contributed by atoms with Gasteiger partial charge in [0.2, 0.25) is 0 Å². The average molecular weight is 310 g/mol. The van der Waals surface area contributed by atoms with Crippen LogP contribution in [0.3, 0.4) is 0 Å². The summed E-state index contributed by atoms with van der Waals surface area (Å²) in [5.41, 5.74) is 0.864. The molecule has 1 N–H and O–H groups in total. The molecule has 3 heterocycles. The van der Waals surface area contributed by atoms with E-state index < -0.39 is 6.09 Å². The normalized spacial score (nSPS) is 18.7. The van der Waals surface area contributed by atoms with Crippen LogP contribution >= 0.6 is 11.3 Å². The predicted molar refractivity (Wildman–Crippen MR) is 74.0 cm³/mol. The largest absolute Gasteiger partial charge is 0.439 e. The molecule has 3 rings (SSSR count). The van der Waals surface area contributed by atoms with Crippen molar-refractivity contribution in [2.45, 2.75) is 6.92 Å². The number of amides is 4. The Labute approximate surface area is 124 Å². The zero-order valence-corrected chi connectivity index (χ0v) is 12.2. The number of aryl methyl sites for hydroxylation is 1. The molecule has 9 heteroatoms. The molecule has 0 aromatic carbocycles. The van der Waals surface area contributed by atoms with Gasteiger partial charge in [-0.15, -0.1) is 11.3 Å². The van der Waals surface area contributed by atoms with Crippen molar-refractivity contribution in [1.82, 2.24) is 14.8 Å². The van der Waals surface area contributed by atoms with E-state index in [-0.39, 0.29) is 24.5 Å². The molecule has 2 aliphatic rings. The smallest absolute Gasteiger partial charge is 0.417 e. The second kappa shape index (κ2) is 5.32. The van der Waals surface area contributed by atoms with Crippen LogP contribution in [0.5, 0.6) is 0 Å². The van der Waals surface area contributed by atoms with E-state index in [1.807, 2.05) is 12.3 Å². The van der Waals surface area contributed by atoms with Crippen LogP contribution < -0.4 is 5.32 Å². The van der Waals surface area contributed by atoms with E-state index >= 15 is 0 Å². The van der Waals surface area contributed by atoms with Gasteiger partial charge in [0.1, 0.15) is 0 Å². The second-order valence-corrected chi connectivity index (χ2v) is 5.91. The Hall–Kier alpha value is -2.16. The van der Waals surface area contributed by atoms with Gasteiger partial charge >= 0.3 is 12.1 Å². The minimum atomic E-state index is -0.596. The highest BCUT2D eigenvalue weighted by atomic mass is 32.1. The van der Waals surface area contributed by atoms with Gasteiger partial charge < -0.3 is 9.64 Å². The van der Waals surface area contributed by atoms with Crippen molar-refractivity contribution < 1.29 is 19.1 Å². The number of nitrogens with one attached hydrogen (secondary N) is 1. The van der Waals surface area contributed by atoms with Crippen LogP contribution in [0.1, 0.15) is 5.69 Å². The number of carbonyl (C=O) groups is 3. The number of thiazole rings is 1. The van der Waals surface area contributed by atoms with Crippen LogP contribution in [0.2, 0.25) is 0 Å². The highest BCUT2D eigenvalue weighted by Crippen LogP contribution is 2.21. The molecule has 4 amide bonds. The molecule has 0 aliphatic carbocycles. The molecule has 0 unspecified atom stereocenters. The Balaban J connectivity index is 1.46. The van der Waals surface area contributed by atoms with Gasteiger partial charge in [0.15, 0.2) is 11.7 Å². The van der Waals surface area contributed by atoms with Crippen molar-refractivity contribution in [2.75, 3.05) is 31.6 Å². The number of anilines is 1. The molecule has 21 heavy (non-hydrogen) atoms. The first kappa shape index (κ1) is 13.8. The number of carbonyl (C=O) groups excluding carboxylic acids is 3. The van der Waals surface area contributed by atoms with E-state index in [0.29, 0.717) is 24.8 Å². The van der Waals surface area contributed by atoms with Crippen molar-refractivity contribution in [3.05, 3.63) is 11.1 Å². The van der Waals surface area contributed by atoms with Crippen LogP contribution in [0.25, 0.3) is 0 Å². The fourth-order valence-electron chi connectivity index (χ4n) is 2.25. The van der Waals surface area contributed by atoms with E-state index in [2.05, 4.69) is 15.0 Å². The first-order chi connectivity index (χ1) is 10.0. The number of imide groups is 1. The van der Waals surface area contributed by atoms with Crippen LogP contribution in [0.15, 0.2) is 5.38 Å². The Morgan fingerprint density at radius 2 is 2.29 bits per heavy atom. The Kier molecular flexibility index (Phi) is 3.50. The molecule has 112 valence electrons. The van der Waals surface area contributed by atoms with Crippen molar-refractivity contribution in [1.29, 1.82) is 0 Å². The molecule has 2 aliphatic heterocycles. The van der Waals surface area contributed by atoms with Gasteiger partial charge in [-0.05, 0) is 6.92 Å². The third-order valence-corrected chi connectivity index (χ3v) is 4.23. The summed E-state index contributed by atoms with van der Waals surface area (Å²) >= 11 is 1.37. The van der Waals surface area contributed by atoms with Gasteiger partial charge in [0.25, 0.3) is 5.91 Å². The molecular weight excluding hydrogens is 296 g/mol. The van der Waals surface area contributed by atoms with Crippen LogP contribution in [-0.2, 0) is 9.53 Å². The maximum Gasteiger partial charge on any atom is 0.417 e. The number of likely N-dealkylation sites (tertiary alicyclic amines) is 1. The van der Waals surface area contributed by atoms with E-state index in [4.69, 9.17) is 0 Å². The van der Waals surface area contributed by atoms with Crippen molar-refractivity contribution >= 4 is 34.5 Å². The van der Waals surface area contributed by atoms with Gasteiger partial charge in [-0.25, -0.2) is 19.5 Å². The van der Waals surface area contributed by atoms with Crippen molar-refractivity contribution in [3.63, 3.8) is 0 Å². The van der Waals surface area contributed by atoms with Crippen LogP contribution in [0.4, 0.5) is 14.7 Å². The fraction of sp³-hybridized carbons (Fsp3) is 0.500. The number of rotatable bonds is 3. The summed E-state index contributed by atoms with van der Waals surface area (Å²) in [6, 6.07) is -0.212. The maximum atomic E-state index is 11.9. The first-order valence-corrected chi connectivity index (χ1v) is 7.36. The number of urea groups is 1. The summed E-state index contributed by atoms with van der Waals surface area (Å²) in [6.07, 6.45) is -0.596. The van der Waals surface area contributed by atoms with E-state index in [1.165, 1.54) is 11.3 Å². The molecule has 2 fully saturated rings. The quantitative estimate of drug-likeness (QED) is 0.895. The lowest BCUT2D eigenvalue weighted by Crippen LogP contribution is -2.55. The van der Waals surface area contributed by atoms with Gasteiger partial charge in [-0.3, -0.25) is 10.1 Å². The number of cyclic esters (lactones) is 1. The Morgan fingerprint density at radius 1 is 1.52 bits per heavy atom. The summed E-state index contributed by atoms with van der Waals surface area (Å²) in [4.78, 5) is 41.5. The molecule has 0 saturated carbocycles. The summed E-state index contributed by atoms with van der Waals surface area (Å²) in [6.45, 7) is 3.00. The van der Waals surface area contributed by atoms with Gasteiger partial charge in [0, 0.05) is 30.9 Å². The number of aromatic nitrogens is 1. The van der Waals surface area contributed by atoms with E-state index in [0.717, 1.165) is 10.6 Å². The zero-order chi connectivity index (χ0) is 15.0. The Morgan fingerprint density at radius 3 is 2.86 bits per heavy atom. The average Bonchev–Trinajstić information content (AvgIpc) is 2.92. The third-order valence-electron chi connectivity index (χ3n) is 3.36. The minimum absolute atomic E-state index is 0.100. The molecule has 1 aromatic heterocycles. The SMILES string of the molecule is Cc1csc(NC(=O)N2CC(CN3C(=O)COC3=O)C2)n1. The molecular formula is C12H14N4O4S. The van der Waals surface area contributed by atoms with Gasteiger partial charge in [-0.1, -0.05) is 0 Å². The highest BCUT2D eigenvalue weighted by Gasteiger charge is 2.38. The molecule has 0 atom stereocenters. The maximum absolute atomic E-state index is 11.9. The number of hydrogen-bond donors (Lipinski definition) is 1. The minimum Gasteiger partial charge on any atom is -0.439 e. The predicted octanol–water partition coefficient (Wildman–Crippen LogP) is 0.894. The van der Waals surface area contributed by atoms with Gasteiger partial charge in [0.05, 0.1) is 5.69 Å². The summed E-state index contributed by atoms with van der Waals surface area (Å²) in [7, 11) is 0.